The van der Waals surface area contributed by atoms with Gasteiger partial charge in [0, 0.05) is 59.1 Å². The summed E-state index contributed by atoms with van der Waals surface area (Å²) in [5.74, 6) is 1.96. The molecule has 0 aliphatic carbocycles. The Morgan fingerprint density at radius 1 is 1.00 bits per heavy atom. The molecule has 2 heterocycles. The number of nitrogens with zero attached hydrogens (tertiary/aromatic N) is 4. The molecule has 0 spiro atoms. The van der Waals surface area contributed by atoms with Gasteiger partial charge in [-0.25, -0.2) is 4.98 Å². The van der Waals surface area contributed by atoms with Gasteiger partial charge in [0.15, 0.2) is 5.96 Å². The van der Waals surface area contributed by atoms with E-state index in [-0.39, 0.29) is 24.0 Å². The third kappa shape index (κ3) is 9.26. The maximum atomic E-state index is 4.48. The first-order valence-corrected chi connectivity index (χ1v) is 10.9. The number of aliphatic imine (C=N–C) groups is 1. The molecule has 1 fully saturated rings. The molecule has 3 rings (SSSR count). The molecular formula is C24H35IN6. The van der Waals surface area contributed by atoms with Gasteiger partial charge in [-0.1, -0.05) is 48.6 Å². The predicted molar refractivity (Wildman–Crippen MR) is 142 cm³/mol. The number of guanidine groups is 1. The number of piperazine rings is 1. The molecule has 0 unspecified atom stereocenters. The van der Waals surface area contributed by atoms with Crippen LogP contribution in [0.2, 0.25) is 0 Å². The lowest BCUT2D eigenvalue weighted by molar-refractivity contribution is 0.194. The van der Waals surface area contributed by atoms with Crippen LogP contribution in [0, 0.1) is 0 Å². The van der Waals surface area contributed by atoms with Crippen molar-refractivity contribution in [2.45, 2.75) is 12.8 Å². The van der Waals surface area contributed by atoms with Crippen molar-refractivity contribution >= 4 is 41.8 Å². The number of benzene rings is 1. The number of halogens is 1. The van der Waals surface area contributed by atoms with Gasteiger partial charge < -0.3 is 15.5 Å². The third-order valence-corrected chi connectivity index (χ3v) is 5.21. The Bertz CT molecular complexity index is 773. The number of hydrogen-bond donors (Lipinski definition) is 2. The first-order chi connectivity index (χ1) is 14.8. The number of hydrogen-bond acceptors (Lipinski definition) is 4. The first kappa shape index (κ1) is 25.1. The van der Waals surface area contributed by atoms with Crippen LogP contribution in [0.3, 0.4) is 0 Å². The maximum absolute atomic E-state index is 4.48. The molecule has 2 N–H and O–H groups in total. The van der Waals surface area contributed by atoms with E-state index in [0.29, 0.717) is 0 Å². The van der Waals surface area contributed by atoms with Crippen molar-refractivity contribution in [3.63, 3.8) is 0 Å². The quantitative estimate of drug-likeness (QED) is 0.222. The standard InChI is InChI=1S/C24H34N6.HI/c1-25-24(28-16-8-7-15-27-23-13-5-6-14-26-23)30-20-18-29(19-21-30)17-9-12-22-10-3-2-4-11-22;/h2-6,9-14H,7-8,15-21H2,1H3,(H,25,28)(H,26,27);1H/b12-9+;. The van der Waals surface area contributed by atoms with Gasteiger partial charge in [-0.15, -0.1) is 24.0 Å². The number of aromatic nitrogens is 1. The van der Waals surface area contributed by atoms with Gasteiger partial charge in [-0.3, -0.25) is 9.89 Å². The van der Waals surface area contributed by atoms with Crippen molar-refractivity contribution in [3.05, 3.63) is 66.4 Å². The van der Waals surface area contributed by atoms with Crippen molar-refractivity contribution in [1.29, 1.82) is 0 Å². The zero-order valence-corrected chi connectivity index (χ0v) is 20.7. The molecule has 0 amide bonds. The summed E-state index contributed by atoms with van der Waals surface area (Å²) in [6.07, 6.45) is 8.48. The molecule has 0 atom stereocenters. The zero-order valence-electron chi connectivity index (χ0n) is 18.4. The second-order valence-electron chi connectivity index (χ2n) is 7.42. The monoisotopic (exact) mass is 534 g/mol. The van der Waals surface area contributed by atoms with Gasteiger partial charge in [0.2, 0.25) is 0 Å². The molecule has 1 aliphatic rings. The highest BCUT2D eigenvalue weighted by Crippen LogP contribution is 2.05. The Morgan fingerprint density at radius 3 is 2.45 bits per heavy atom. The molecule has 2 aromatic rings. The van der Waals surface area contributed by atoms with Crippen molar-refractivity contribution in [2.75, 3.05) is 58.2 Å². The Kier molecular flexibility index (Phi) is 12.0. The Morgan fingerprint density at radius 2 is 1.74 bits per heavy atom. The van der Waals surface area contributed by atoms with Gasteiger partial charge in [0.1, 0.15) is 5.82 Å². The molecular weight excluding hydrogens is 499 g/mol. The molecule has 31 heavy (non-hydrogen) atoms. The van der Waals surface area contributed by atoms with Crippen LogP contribution in [-0.4, -0.2) is 73.6 Å². The zero-order chi connectivity index (χ0) is 20.9. The van der Waals surface area contributed by atoms with E-state index in [1.165, 1.54) is 5.56 Å². The van der Waals surface area contributed by atoms with Crippen LogP contribution in [0.4, 0.5) is 5.82 Å². The summed E-state index contributed by atoms with van der Waals surface area (Å²) >= 11 is 0. The number of unbranched alkanes of at least 4 members (excludes halogenated alkanes) is 1. The predicted octanol–water partition coefficient (Wildman–Crippen LogP) is 3.80. The van der Waals surface area contributed by atoms with Crippen LogP contribution in [0.5, 0.6) is 0 Å². The molecule has 1 aromatic heterocycles. The summed E-state index contributed by atoms with van der Waals surface area (Å²) in [6, 6.07) is 16.4. The minimum Gasteiger partial charge on any atom is -0.370 e. The van der Waals surface area contributed by atoms with Crippen molar-refractivity contribution in [3.8, 4) is 0 Å². The number of rotatable bonds is 9. The summed E-state index contributed by atoms with van der Waals surface area (Å²) < 4.78 is 0. The average Bonchev–Trinajstić information content (AvgIpc) is 2.81. The lowest BCUT2D eigenvalue weighted by Gasteiger charge is -2.36. The smallest absolute Gasteiger partial charge is 0.193 e. The highest BCUT2D eigenvalue weighted by Gasteiger charge is 2.18. The summed E-state index contributed by atoms with van der Waals surface area (Å²) in [6.45, 7) is 7.03. The van der Waals surface area contributed by atoms with Crippen LogP contribution < -0.4 is 10.6 Å². The number of pyridine rings is 1. The fourth-order valence-electron chi connectivity index (χ4n) is 3.51. The van der Waals surface area contributed by atoms with Crippen LogP contribution >= 0.6 is 24.0 Å². The highest BCUT2D eigenvalue weighted by molar-refractivity contribution is 14.0. The summed E-state index contributed by atoms with van der Waals surface area (Å²) in [5.41, 5.74) is 1.26. The maximum Gasteiger partial charge on any atom is 0.193 e. The van der Waals surface area contributed by atoms with Crippen molar-refractivity contribution in [1.82, 2.24) is 20.1 Å². The molecule has 0 radical (unpaired) electrons. The van der Waals surface area contributed by atoms with Crippen LogP contribution in [0.25, 0.3) is 6.08 Å². The van der Waals surface area contributed by atoms with E-state index in [2.05, 4.69) is 72.9 Å². The minimum absolute atomic E-state index is 0. The van der Waals surface area contributed by atoms with Gasteiger partial charge in [0.05, 0.1) is 0 Å². The normalized spacial score (nSPS) is 15.0. The minimum atomic E-state index is 0. The SMILES string of the molecule is CN=C(NCCCCNc1ccccn1)N1CCN(C/C=C/c2ccccc2)CC1.I. The lowest BCUT2D eigenvalue weighted by Crippen LogP contribution is -2.52. The van der Waals surface area contributed by atoms with Gasteiger partial charge in [-0.2, -0.15) is 0 Å². The number of nitrogens with one attached hydrogen (secondary N) is 2. The van der Waals surface area contributed by atoms with Gasteiger partial charge >= 0.3 is 0 Å². The summed E-state index contributed by atoms with van der Waals surface area (Å²) in [4.78, 5) is 13.6. The van der Waals surface area contributed by atoms with Crippen LogP contribution in [-0.2, 0) is 0 Å². The largest absolute Gasteiger partial charge is 0.370 e. The van der Waals surface area contributed by atoms with Crippen LogP contribution in [0.1, 0.15) is 18.4 Å². The summed E-state index contributed by atoms with van der Waals surface area (Å²) in [7, 11) is 1.87. The molecule has 0 saturated carbocycles. The van der Waals surface area contributed by atoms with E-state index >= 15 is 0 Å². The van der Waals surface area contributed by atoms with E-state index in [4.69, 9.17) is 0 Å². The third-order valence-electron chi connectivity index (χ3n) is 5.21. The molecule has 1 aliphatic heterocycles. The molecule has 1 saturated heterocycles. The molecule has 7 heteroatoms. The fourth-order valence-corrected chi connectivity index (χ4v) is 3.51. The topological polar surface area (TPSA) is 55.8 Å². The van der Waals surface area contributed by atoms with Crippen molar-refractivity contribution in [2.24, 2.45) is 4.99 Å². The second kappa shape index (κ2) is 14.8. The summed E-state index contributed by atoms with van der Waals surface area (Å²) in [5, 5.41) is 6.87. The number of anilines is 1. The van der Waals surface area contributed by atoms with E-state index in [0.717, 1.165) is 70.4 Å². The van der Waals surface area contributed by atoms with E-state index in [1.54, 1.807) is 0 Å². The van der Waals surface area contributed by atoms with Gasteiger partial charge in [0.25, 0.3) is 0 Å². The Balaban J connectivity index is 0.00000341. The lowest BCUT2D eigenvalue weighted by atomic mass is 10.2. The molecule has 1 aromatic carbocycles. The Hall–Kier alpha value is -2.13. The molecule has 168 valence electrons. The average molecular weight is 534 g/mol. The first-order valence-electron chi connectivity index (χ1n) is 10.9. The Labute approximate surface area is 203 Å². The molecule has 0 bridgehead atoms. The van der Waals surface area contributed by atoms with E-state index < -0.39 is 0 Å². The van der Waals surface area contributed by atoms with Crippen LogP contribution in [0.15, 0.2) is 65.8 Å². The van der Waals surface area contributed by atoms with E-state index in [1.807, 2.05) is 31.4 Å². The van der Waals surface area contributed by atoms with Gasteiger partial charge in [-0.05, 0) is 30.5 Å². The van der Waals surface area contributed by atoms with E-state index in [9.17, 15) is 0 Å². The molecule has 6 nitrogen and oxygen atoms in total. The van der Waals surface area contributed by atoms with Crippen molar-refractivity contribution < 1.29 is 0 Å². The second-order valence-corrected chi connectivity index (χ2v) is 7.42. The highest BCUT2D eigenvalue weighted by atomic mass is 127. The fraction of sp³-hybridized carbons (Fsp3) is 0.417.